The summed E-state index contributed by atoms with van der Waals surface area (Å²) < 4.78 is 0. The minimum Gasteiger partial charge on any atom is -0.354 e. The van der Waals surface area contributed by atoms with Crippen molar-refractivity contribution in [3.05, 3.63) is 69.2 Å². The van der Waals surface area contributed by atoms with Gasteiger partial charge in [-0.1, -0.05) is 41.9 Å². The fourth-order valence-corrected chi connectivity index (χ4v) is 2.74. The van der Waals surface area contributed by atoms with Crippen molar-refractivity contribution in [2.24, 2.45) is 0 Å². The smallest absolute Gasteiger partial charge is 0.271 e. The van der Waals surface area contributed by atoms with Crippen LogP contribution in [-0.4, -0.2) is 35.6 Å². The Labute approximate surface area is 156 Å². The van der Waals surface area contributed by atoms with Gasteiger partial charge in [-0.3, -0.25) is 10.1 Å². The lowest BCUT2D eigenvalue weighted by Gasteiger charge is -2.24. The summed E-state index contributed by atoms with van der Waals surface area (Å²) in [5.74, 6) is 0. The zero-order valence-electron chi connectivity index (χ0n) is 13.9. The number of thiocarbonyl (C=S) groups is 1. The molecule has 1 atom stereocenters. The summed E-state index contributed by atoms with van der Waals surface area (Å²) in [7, 11) is 3.96. The summed E-state index contributed by atoms with van der Waals surface area (Å²) in [5.41, 5.74) is 1.43. The number of likely N-dealkylation sites (N-methyl/N-ethyl adjacent to an activating group) is 1. The Morgan fingerprint density at radius 1 is 1.28 bits per heavy atom. The van der Waals surface area contributed by atoms with Gasteiger partial charge in [0.2, 0.25) is 0 Å². The number of anilines is 1. The van der Waals surface area contributed by atoms with E-state index in [2.05, 4.69) is 10.6 Å². The van der Waals surface area contributed by atoms with Gasteiger partial charge >= 0.3 is 0 Å². The molecular formula is C17H19ClN4O2S. The van der Waals surface area contributed by atoms with Crippen LogP contribution in [0.1, 0.15) is 11.6 Å². The summed E-state index contributed by atoms with van der Waals surface area (Å²) in [6.07, 6.45) is 0. The van der Waals surface area contributed by atoms with Crippen molar-refractivity contribution in [2.75, 3.05) is 26.0 Å². The Hall–Kier alpha value is -2.22. The molecule has 0 saturated carbocycles. The molecule has 0 fully saturated rings. The van der Waals surface area contributed by atoms with E-state index >= 15 is 0 Å². The lowest BCUT2D eigenvalue weighted by atomic mass is 10.1. The van der Waals surface area contributed by atoms with E-state index in [1.54, 1.807) is 0 Å². The molecule has 0 spiro atoms. The maximum absolute atomic E-state index is 10.9. The van der Waals surface area contributed by atoms with E-state index < -0.39 is 4.92 Å². The molecule has 0 aliphatic rings. The topological polar surface area (TPSA) is 70.4 Å². The fourth-order valence-electron chi connectivity index (χ4n) is 2.32. The van der Waals surface area contributed by atoms with Crippen molar-refractivity contribution in [1.82, 2.24) is 10.2 Å². The number of nitro benzene ring substituents is 1. The van der Waals surface area contributed by atoms with Crippen LogP contribution in [0.2, 0.25) is 5.02 Å². The van der Waals surface area contributed by atoms with Crippen LogP contribution >= 0.6 is 23.8 Å². The van der Waals surface area contributed by atoms with Gasteiger partial charge in [0.05, 0.1) is 21.7 Å². The largest absolute Gasteiger partial charge is 0.354 e. The molecule has 0 aliphatic heterocycles. The first-order valence-corrected chi connectivity index (χ1v) is 8.36. The minimum absolute atomic E-state index is 0.0336. The van der Waals surface area contributed by atoms with Gasteiger partial charge in [-0.2, -0.15) is 0 Å². The van der Waals surface area contributed by atoms with E-state index in [9.17, 15) is 10.1 Å². The fraction of sp³-hybridized carbons (Fsp3) is 0.235. The summed E-state index contributed by atoms with van der Waals surface area (Å²) >= 11 is 11.5. The second-order valence-electron chi connectivity index (χ2n) is 5.75. The van der Waals surface area contributed by atoms with E-state index in [4.69, 9.17) is 23.8 Å². The summed E-state index contributed by atoms with van der Waals surface area (Å²) in [5, 5.41) is 17.8. The van der Waals surface area contributed by atoms with Gasteiger partial charge in [-0.15, -0.1) is 0 Å². The first-order valence-electron chi connectivity index (χ1n) is 7.58. The lowest BCUT2D eigenvalue weighted by Crippen LogP contribution is -2.37. The molecule has 0 amide bonds. The third-order valence-corrected chi connectivity index (χ3v) is 4.01. The number of halogens is 1. The molecular weight excluding hydrogens is 360 g/mol. The molecule has 0 bridgehead atoms. The number of nitrogens with one attached hydrogen (secondary N) is 2. The minimum atomic E-state index is -0.475. The van der Waals surface area contributed by atoms with Gasteiger partial charge in [0, 0.05) is 18.7 Å². The lowest BCUT2D eigenvalue weighted by molar-refractivity contribution is -0.384. The van der Waals surface area contributed by atoms with Crippen molar-refractivity contribution in [3.8, 4) is 0 Å². The van der Waals surface area contributed by atoms with E-state index in [1.165, 1.54) is 18.2 Å². The van der Waals surface area contributed by atoms with Crippen LogP contribution in [0.3, 0.4) is 0 Å². The van der Waals surface area contributed by atoms with Crippen LogP contribution in [0.15, 0.2) is 48.5 Å². The Balaban J connectivity index is 2.14. The quantitative estimate of drug-likeness (QED) is 0.452. The van der Waals surface area contributed by atoms with E-state index in [0.29, 0.717) is 15.8 Å². The van der Waals surface area contributed by atoms with Gasteiger partial charge < -0.3 is 15.5 Å². The maximum atomic E-state index is 10.9. The number of hydrogen-bond donors (Lipinski definition) is 2. The Morgan fingerprint density at radius 2 is 1.96 bits per heavy atom. The SMILES string of the molecule is CN(C)C[C@H](NC(=S)Nc1cc([N+](=O)[O-])ccc1Cl)c1ccccc1. The molecule has 6 nitrogen and oxygen atoms in total. The summed E-state index contributed by atoms with van der Waals surface area (Å²) in [4.78, 5) is 12.5. The number of non-ortho nitro benzene ring substituents is 1. The summed E-state index contributed by atoms with van der Waals surface area (Å²) in [6.45, 7) is 0.731. The average Bonchev–Trinajstić information content (AvgIpc) is 2.56. The van der Waals surface area contributed by atoms with Crippen LogP contribution in [0.25, 0.3) is 0 Å². The number of benzene rings is 2. The second-order valence-corrected chi connectivity index (χ2v) is 6.56. The zero-order valence-corrected chi connectivity index (χ0v) is 15.5. The van der Waals surface area contributed by atoms with Crippen LogP contribution in [0, 0.1) is 10.1 Å². The maximum Gasteiger partial charge on any atom is 0.271 e. The average molecular weight is 379 g/mol. The van der Waals surface area contributed by atoms with Crippen molar-refractivity contribution in [1.29, 1.82) is 0 Å². The standard InChI is InChI=1S/C17H19ClN4O2S/c1-21(2)11-16(12-6-4-3-5-7-12)20-17(25)19-15-10-13(22(23)24)8-9-14(15)18/h3-10,16H,11H2,1-2H3,(H2,19,20,25)/t16-/m0/s1. The molecule has 2 rings (SSSR count). The van der Waals surface area contributed by atoms with E-state index in [1.807, 2.05) is 49.3 Å². The first kappa shape index (κ1) is 19.1. The Morgan fingerprint density at radius 3 is 2.56 bits per heavy atom. The Bertz CT molecular complexity index is 756. The molecule has 0 aliphatic carbocycles. The van der Waals surface area contributed by atoms with Crippen LogP contribution in [0.4, 0.5) is 11.4 Å². The van der Waals surface area contributed by atoms with Crippen LogP contribution in [0.5, 0.6) is 0 Å². The third-order valence-electron chi connectivity index (χ3n) is 3.46. The van der Waals surface area contributed by atoms with E-state index in [0.717, 1.165) is 12.1 Å². The highest BCUT2D eigenvalue weighted by Gasteiger charge is 2.15. The summed E-state index contributed by atoms with van der Waals surface area (Å²) in [6, 6.07) is 14.1. The van der Waals surface area contributed by atoms with Gasteiger partial charge in [-0.05, 0) is 37.9 Å². The van der Waals surface area contributed by atoms with Crippen molar-refractivity contribution >= 4 is 40.3 Å². The van der Waals surface area contributed by atoms with Gasteiger partial charge in [0.25, 0.3) is 5.69 Å². The molecule has 2 aromatic rings. The van der Waals surface area contributed by atoms with E-state index in [-0.39, 0.29) is 11.7 Å². The zero-order chi connectivity index (χ0) is 18.4. The predicted molar refractivity (Wildman–Crippen MR) is 105 cm³/mol. The normalized spacial score (nSPS) is 11.8. The second kappa shape index (κ2) is 8.75. The van der Waals surface area contributed by atoms with Gasteiger partial charge in [0.15, 0.2) is 5.11 Å². The van der Waals surface area contributed by atoms with Crippen molar-refractivity contribution in [3.63, 3.8) is 0 Å². The monoisotopic (exact) mass is 378 g/mol. The first-order chi connectivity index (χ1) is 11.9. The van der Waals surface area contributed by atoms with Crippen molar-refractivity contribution < 1.29 is 4.92 Å². The molecule has 0 aromatic heterocycles. The number of nitrogens with zero attached hydrogens (tertiary/aromatic N) is 2. The van der Waals surface area contributed by atoms with Gasteiger partial charge in [-0.25, -0.2) is 0 Å². The molecule has 0 saturated heterocycles. The molecule has 8 heteroatoms. The van der Waals surface area contributed by atoms with Crippen LogP contribution < -0.4 is 10.6 Å². The molecule has 2 aromatic carbocycles. The predicted octanol–water partition coefficient (Wildman–Crippen LogP) is 3.84. The highest BCUT2D eigenvalue weighted by molar-refractivity contribution is 7.80. The number of hydrogen-bond acceptors (Lipinski definition) is 4. The number of rotatable bonds is 6. The highest BCUT2D eigenvalue weighted by Crippen LogP contribution is 2.26. The third kappa shape index (κ3) is 5.67. The molecule has 0 heterocycles. The molecule has 25 heavy (non-hydrogen) atoms. The molecule has 2 N–H and O–H groups in total. The molecule has 132 valence electrons. The highest BCUT2D eigenvalue weighted by atomic mass is 35.5. The Kier molecular flexibility index (Phi) is 6.69. The molecule has 0 unspecified atom stereocenters. The van der Waals surface area contributed by atoms with Crippen molar-refractivity contribution in [2.45, 2.75) is 6.04 Å². The van der Waals surface area contributed by atoms with Gasteiger partial charge in [0.1, 0.15) is 0 Å². The van der Waals surface area contributed by atoms with Crippen LogP contribution in [-0.2, 0) is 0 Å². The molecule has 0 radical (unpaired) electrons. The number of nitro groups is 1.